The summed E-state index contributed by atoms with van der Waals surface area (Å²) in [4.78, 5) is 25.7. The third kappa shape index (κ3) is 4.48. The van der Waals surface area contributed by atoms with Crippen LogP contribution in [0.3, 0.4) is 0 Å². The molecule has 2 aliphatic heterocycles. The zero-order valence-corrected chi connectivity index (χ0v) is 15.7. The van der Waals surface area contributed by atoms with E-state index >= 15 is 0 Å². The van der Waals surface area contributed by atoms with Gasteiger partial charge in [0.1, 0.15) is 0 Å². The lowest BCUT2D eigenvalue weighted by Crippen LogP contribution is -2.56. The molecule has 1 N–H and O–H groups in total. The van der Waals surface area contributed by atoms with Gasteiger partial charge in [0.15, 0.2) is 0 Å². The molecule has 0 aliphatic carbocycles. The lowest BCUT2D eigenvalue weighted by Gasteiger charge is -2.47. The smallest absolute Gasteiger partial charge is 0.222 e. The molecule has 138 valence electrons. The largest absolute Gasteiger partial charge is 0.355 e. The van der Waals surface area contributed by atoms with E-state index < -0.39 is 0 Å². The molecule has 2 aliphatic rings. The van der Waals surface area contributed by atoms with E-state index in [-0.39, 0.29) is 0 Å². The zero-order valence-electron chi connectivity index (χ0n) is 15.7. The van der Waals surface area contributed by atoms with Crippen LogP contribution in [-0.4, -0.2) is 57.9 Å². The fourth-order valence-electron chi connectivity index (χ4n) is 4.14. The van der Waals surface area contributed by atoms with E-state index in [0.717, 1.165) is 51.1 Å². The second-order valence-electron chi connectivity index (χ2n) is 7.78. The minimum atomic E-state index is 0.357. The van der Waals surface area contributed by atoms with Crippen LogP contribution in [0.4, 0.5) is 5.95 Å². The van der Waals surface area contributed by atoms with Crippen LogP contribution < -0.4 is 5.32 Å². The van der Waals surface area contributed by atoms with Gasteiger partial charge in [-0.1, -0.05) is 13.8 Å². The zero-order chi connectivity index (χ0) is 17.8. The highest BCUT2D eigenvalue weighted by atomic mass is 16.2. The topological polar surface area (TPSA) is 61.4 Å². The average Bonchev–Trinajstić information content (AvgIpc) is 2.59. The van der Waals surface area contributed by atoms with Crippen molar-refractivity contribution in [3.05, 3.63) is 18.0 Å². The first-order valence-electron chi connectivity index (χ1n) is 9.63. The van der Waals surface area contributed by atoms with Crippen LogP contribution in [-0.2, 0) is 11.3 Å². The quantitative estimate of drug-likeness (QED) is 0.858. The van der Waals surface area contributed by atoms with Crippen molar-refractivity contribution < 1.29 is 4.79 Å². The Labute approximate surface area is 151 Å². The number of piperidine rings is 2. The fraction of sp³-hybridized carbons (Fsp3) is 0.737. The molecule has 2 fully saturated rings. The maximum absolute atomic E-state index is 12.3. The van der Waals surface area contributed by atoms with E-state index in [2.05, 4.69) is 38.9 Å². The first kappa shape index (κ1) is 18.1. The van der Waals surface area contributed by atoms with Crippen LogP contribution in [0.2, 0.25) is 0 Å². The molecule has 6 nitrogen and oxygen atoms in total. The van der Waals surface area contributed by atoms with Crippen LogP contribution >= 0.6 is 0 Å². The molecule has 1 amide bonds. The van der Waals surface area contributed by atoms with E-state index in [9.17, 15) is 4.79 Å². The Morgan fingerprint density at radius 1 is 1.28 bits per heavy atom. The molecule has 2 saturated heterocycles. The molecule has 2 atom stereocenters. The van der Waals surface area contributed by atoms with Crippen molar-refractivity contribution in [1.29, 1.82) is 0 Å². The number of hydrogen-bond acceptors (Lipinski definition) is 5. The first-order chi connectivity index (χ1) is 12.1. The molecule has 1 aromatic rings. The summed E-state index contributed by atoms with van der Waals surface area (Å²) in [6.07, 6.45) is 6.67. The van der Waals surface area contributed by atoms with Gasteiger partial charge in [0.2, 0.25) is 11.9 Å². The predicted molar refractivity (Wildman–Crippen MR) is 99.2 cm³/mol. The summed E-state index contributed by atoms with van der Waals surface area (Å²) in [6.45, 7) is 11.2. The Balaban J connectivity index is 1.58. The van der Waals surface area contributed by atoms with Gasteiger partial charge < -0.3 is 10.2 Å². The number of anilines is 1. The Morgan fingerprint density at radius 2 is 2.04 bits per heavy atom. The second kappa shape index (κ2) is 8.13. The molecule has 0 unspecified atom stereocenters. The van der Waals surface area contributed by atoms with E-state index in [1.807, 2.05) is 19.3 Å². The SMILES string of the molecule is CCNc1ncc(CN2CC[C@@H]3[C@@H](CCC(=O)N3CC(C)C)C2)cn1. The van der Waals surface area contributed by atoms with Crippen molar-refractivity contribution in [1.82, 2.24) is 19.8 Å². The average molecular weight is 345 g/mol. The highest BCUT2D eigenvalue weighted by molar-refractivity contribution is 5.77. The number of nitrogens with one attached hydrogen (secondary N) is 1. The van der Waals surface area contributed by atoms with Crippen molar-refractivity contribution in [2.24, 2.45) is 11.8 Å². The van der Waals surface area contributed by atoms with Crippen molar-refractivity contribution in [3.63, 3.8) is 0 Å². The van der Waals surface area contributed by atoms with Gasteiger partial charge in [0, 0.05) is 63.1 Å². The minimum absolute atomic E-state index is 0.357. The summed E-state index contributed by atoms with van der Waals surface area (Å²) in [5, 5.41) is 3.13. The Kier molecular flexibility index (Phi) is 5.89. The number of fused-ring (bicyclic) bond motifs is 1. The van der Waals surface area contributed by atoms with E-state index in [1.54, 1.807) is 0 Å². The summed E-state index contributed by atoms with van der Waals surface area (Å²) in [7, 11) is 0. The summed E-state index contributed by atoms with van der Waals surface area (Å²) in [5.74, 6) is 2.19. The summed E-state index contributed by atoms with van der Waals surface area (Å²) in [5.41, 5.74) is 1.16. The first-order valence-corrected chi connectivity index (χ1v) is 9.63. The molecule has 3 heterocycles. The molecule has 25 heavy (non-hydrogen) atoms. The lowest BCUT2D eigenvalue weighted by molar-refractivity contribution is -0.142. The highest BCUT2D eigenvalue weighted by Gasteiger charge is 2.39. The number of nitrogens with zero attached hydrogens (tertiary/aromatic N) is 4. The van der Waals surface area contributed by atoms with Crippen LogP contribution in [0.5, 0.6) is 0 Å². The molecular formula is C19H31N5O. The number of carbonyl (C=O) groups excluding carboxylic acids is 1. The van der Waals surface area contributed by atoms with Crippen LogP contribution in [0, 0.1) is 11.8 Å². The van der Waals surface area contributed by atoms with E-state index in [1.165, 1.54) is 0 Å². The summed E-state index contributed by atoms with van der Waals surface area (Å²) < 4.78 is 0. The van der Waals surface area contributed by atoms with Gasteiger partial charge in [-0.25, -0.2) is 9.97 Å². The van der Waals surface area contributed by atoms with E-state index in [0.29, 0.717) is 36.2 Å². The third-order valence-electron chi connectivity index (χ3n) is 5.24. The van der Waals surface area contributed by atoms with Crippen molar-refractivity contribution in [2.45, 2.75) is 52.6 Å². The molecular weight excluding hydrogens is 314 g/mol. The third-order valence-corrected chi connectivity index (χ3v) is 5.24. The molecule has 0 saturated carbocycles. The van der Waals surface area contributed by atoms with Gasteiger partial charge in [-0.3, -0.25) is 9.69 Å². The highest BCUT2D eigenvalue weighted by Crippen LogP contribution is 2.32. The number of amides is 1. The molecule has 6 heteroatoms. The van der Waals surface area contributed by atoms with Crippen molar-refractivity contribution in [2.75, 3.05) is 31.5 Å². The van der Waals surface area contributed by atoms with Crippen LogP contribution in [0.15, 0.2) is 12.4 Å². The van der Waals surface area contributed by atoms with E-state index in [4.69, 9.17) is 0 Å². The summed E-state index contributed by atoms with van der Waals surface area (Å²) >= 11 is 0. The maximum atomic E-state index is 12.3. The predicted octanol–water partition coefficient (Wildman–Crippen LogP) is 2.38. The normalized spacial score (nSPS) is 24.5. The second-order valence-corrected chi connectivity index (χ2v) is 7.78. The molecule has 0 aromatic carbocycles. The van der Waals surface area contributed by atoms with Gasteiger partial charge in [-0.2, -0.15) is 0 Å². The Morgan fingerprint density at radius 3 is 2.72 bits per heavy atom. The molecule has 0 spiro atoms. The maximum Gasteiger partial charge on any atom is 0.222 e. The Hall–Kier alpha value is -1.69. The molecule has 3 rings (SSSR count). The number of aromatic nitrogens is 2. The van der Waals surface area contributed by atoms with Gasteiger partial charge in [0.05, 0.1) is 0 Å². The van der Waals surface area contributed by atoms with Gasteiger partial charge in [0.25, 0.3) is 0 Å². The Bertz CT molecular complexity index is 574. The summed E-state index contributed by atoms with van der Waals surface area (Å²) in [6, 6.07) is 0.437. The minimum Gasteiger partial charge on any atom is -0.355 e. The van der Waals surface area contributed by atoms with Crippen molar-refractivity contribution in [3.8, 4) is 0 Å². The number of likely N-dealkylation sites (tertiary alicyclic amines) is 2. The fourth-order valence-corrected chi connectivity index (χ4v) is 4.14. The number of rotatable bonds is 6. The standard InChI is InChI=1S/C19H31N5O/c1-4-20-19-21-9-15(10-22-19)12-23-8-7-17-16(13-23)5-6-18(25)24(17)11-14(2)3/h9-10,14,16-17H,4-8,11-13H2,1-3H3,(H,20,21,22)/t16-,17+/m0/s1. The van der Waals surface area contributed by atoms with Crippen LogP contribution in [0.25, 0.3) is 0 Å². The molecule has 0 radical (unpaired) electrons. The molecule has 1 aromatic heterocycles. The number of carbonyl (C=O) groups is 1. The van der Waals surface area contributed by atoms with Gasteiger partial charge in [-0.15, -0.1) is 0 Å². The lowest BCUT2D eigenvalue weighted by atomic mass is 9.83. The molecule has 0 bridgehead atoms. The van der Waals surface area contributed by atoms with Gasteiger partial charge >= 0.3 is 0 Å². The number of hydrogen-bond donors (Lipinski definition) is 1. The van der Waals surface area contributed by atoms with Crippen LogP contribution in [0.1, 0.15) is 45.6 Å². The monoisotopic (exact) mass is 345 g/mol. The van der Waals surface area contributed by atoms with Crippen molar-refractivity contribution >= 4 is 11.9 Å². The van der Waals surface area contributed by atoms with Gasteiger partial charge in [-0.05, 0) is 31.6 Å².